The SMILES string of the molecule is CC(=O)N[C@@H]1[C@@H](O)[C@H](O[C@@H]2O[C@H](CO)[C@@H](O[C@@H]3O[C@H](CO[C@H]4O[C@H](CO)[C@@H](O)[C@H](O)[C@@H]4O[C@@H]4O[C@H](CO)[C@@H](O[C@@H]5O[C@H](CO)[C@H](O)[C@H](O)[C@H]5O)[C@H](O)[C@H]4NC(C)=O)[C@@H](O[C@@H]4O[C@H](CO)[C@@H](O)[C@H](O)[C@H]4NC(C)=O)[C@H](O[C@H]4O[C@H](CO)[C@@H](O)[C@H](O)[C@@H]4O[C@@H]4O[C@H](CO)[C@@H](O[C@@H]5O[C@H](CO[C@]6(C(=O)O)C[C@H](O)[C@@H](NC(C)=O)[C@H]([C@H](O)[C@H](O)CO)O6)[C@H](O)[C@H](O)[C@H]5O)[C@H](O)[C@H]4NC(C)=O)[C@@H]3O)[C@H](O)[C@H]2NC(C)=O)[C@@H](CO)O[C@H]1O. The fourth-order valence-corrected chi connectivity index (χ4v) is 18.8. The van der Waals surface area contributed by atoms with Crippen molar-refractivity contribution >= 4 is 41.4 Å². The standard InChI is InChI=1S/C81H134N6O59/c1-19(97)82-37-25(103)7-81(80(124)125,146-66(37)43(105)26(104)8-88)127-18-35-48(110)55(117)59(121)76(136-35)140-63-33(15-95)135-74(42(53(63)115)87-24(6)102)145-69-57(119)47(109)30(12-92)132-79(69)143-67-60(122)77(141-64-34(16-96)133-72(40(51(64)113)85-22(4)100)138-61-31(13-93)128-70(123)38(50(61)112)83-20(2)98)137-36(65(67)142-71-39(84-21(3)99)49(111)44(106)27(9-89)129-71)17-126-78-68(56(118)46(108)29(11-91)131-78)144-73-41(86-23(5)101)52(114)62(32(14-94)134-73)139-75-58(120)54(116)45(107)28(10-90)130-75/h25-79,88-96,103-123H,7-18H2,1-6H3,(H,82,97)(H,83,98)(H,84,99)(H,85,100)(H,86,101)(H,87,102)(H,124,125)/t25-,26+,27+,28+,29+,30+,31+,32+,33+,34+,35+,36+,37+,38+,39+,40+,41+,42+,43+,44+,45-,46+,47+,48-,49+,50+,51+,52+,53+,54-,55-,56-,57-,58+,59+,60-,61+,62+,63+,64+,65+,66+,67+,68-,69-,70+,71-,72-,73-,74-,75-,76-,77-,78-,79+,81+/m0/s1. The molecule has 0 radical (unpaired) electrons. The number of carboxylic acid groups (broad SMARTS) is 1. The van der Waals surface area contributed by atoms with Crippen molar-refractivity contribution < 1.29 is 291 Å². The van der Waals surface area contributed by atoms with Gasteiger partial charge in [-0.15, -0.1) is 0 Å². The van der Waals surface area contributed by atoms with Crippen LogP contribution in [0.3, 0.4) is 0 Å². The van der Waals surface area contributed by atoms with Gasteiger partial charge in [0.05, 0.1) is 84.8 Å². The Morgan fingerprint density at radius 1 is 0.281 bits per heavy atom. The Morgan fingerprint density at radius 2 is 0.568 bits per heavy atom. The Morgan fingerprint density at radius 3 is 0.966 bits per heavy atom. The lowest BCUT2D eigenvalue weighted by Crippen LogP contribution is -2.71. The van der Waals surface area contributed by atoms with Crippen molar-refractivity contribution in [2.24, 2.45) is 0 Å². The van der Waals surface area contributed by atoms with Gasteiger partial charge in [-0.05, 0) is 0 Å². The van der Waals surface area contributed by atoms with Crippen molar-refractivity contribution in [3.8, 4) is 0 Å². The van der Waals surface area contributed by atoms with Crippen LogP contribution in [0, 0.1) is 0 Å². The number of carbonyl (C=O) groups is 7. The number of aliphatic carboxylic acids is 1. The minimum atomic E-state index is -3.15. The molecule has 37 N–H and O–H groups in total. The van der Waals surface area contributed by atoms with Gasteiger partial charge < -0.3 is 290 Å². The second-order valence-electron chi connectivity index (χ2n) is 36.7. The zero-order chi connectivity index (χ0) is 108. The molecule has 0 aromatic rings. The maximum Gasteiger partial charge on any atom is 0.364 e. The molecule has 11 aliphatic heterocycles. The average molecular weight is 2140 g/mol. The molecule has 11 fully saturated rings. The van der Waals surface area contributed by atoms with Crippen LogP contribution in [0.5, 0.6) is 0 Å². The Bertz CT molecular complexity index is 4160. The van der Waals surface area contributed by atoms with E-state index in [1.54, 1.807) is 0 Å². The van der Waals surface area contributed by atoms with Gasteiger partial charge in [0.1, 0.15) is 262 Å². The summed E-state index contributed by atoms with van der Waals surface area (Å²) in [6, 6.07) is -11.9. The Labute approximate surface area is 825 Å². The molecule has 0 spiro atoms. The first kappa shape index (κ1) is 120. The maximum absolute atomic E-state index is 13.5. The van der Waals surface area contributed by atoms with Crippen LogP contribution >= 0.6 is 0 Å². The molecule has 146 heavy (non-hydrogen) atoms. The van der Waals surface area contributed by atoms with E-state index in [0.717, 1.165) is 41.5 Å². The zero-order valence-electron chi connectivity index (χ0n) is 78.5. The molecule has 0 bridgehead atoms. The number of carbonyl (C=O) groups excluding carboxylic acids is 6. The highest BCUT2D eigenvalue weighted by molar-refractivity contribution is 5.77. The van der Waals surface area contributed by atoms with Gasteiger partial charge in [0.15, 0.2) is 62.9 Å². The fraction of sp³-hybridized carbons (Fsp3) is 0.914. The number of hydrogen-bond donors (Lipinski definition) is 37. The molecule has 0 aliphatic carbocycles. The van der Waals surface area contributed by atoms with Gasteiger partial charge >= 0.3 is 5.97 Å². The van der Waals surface area contributed by atoms with E-state index in [1.807, 2.05) is 0 Å². The first-order valence-electron chi connectivity index (χ1n) is 46.3. The van der Waals surface area contributed by atoms with Crippen molar-refractivity contribution in [1.29, 1.82) is 0 Å². The molecule has 0 saturated carbocycles. The molecule has 11 saturated heterocycles. The van der Waals surface area contributed by atoms with Crippen molar-refractivity contribution in [3.05, 3.63) is 0 Å². The number of nitrogens with one attached hydrogen (secondary N) is 6. The summed E-state index contributed by atoms with van der Waals surface area (Å²) >= 11 is 0. The molecule has 842 valence electrons. The number of hydrogen-bond acceptors (Lipinski definition) is 58. The molecule has 11 rings (SSSR count). The highest BCUT2D eigenvalue weighted by Crippen LogP contribution is 2.44. The van der Waals surface area contributed by atoms with Crippen LogP contribution in [0.2, 0.25) is 0 Å². The molecule has 11 heterocycles. The van der Waals surface area contributed by atoms with Crippen LogP contribution in [-0.4, -0.2) is 615 Å². The van der Waals surface area contributed by atoms with Crippen molar-refractivity contribution in [2.45, 2.75) is 391 Å². The number of carboxylic acids is 1. The molecule has 0 aromatic heterocycles. The van der Waals surface area contributed by atoms with Crippen molar-refractivity contribution in [1.82, 2.24) is 31.9 Å². The lowest BCUT2D eigenvalue weighted by molar-refractivity contribution is -0.409. The number of aliphatic hydroxyl groups excluding tert-OH is 30. The van der Waals surface area contributed by atoms with Gasteiger partial charge in [0.2, 0.25) is 35.4 Å². The van der Waals surface area contributed by atoms with Crippen LogP contribution < -0.4 is 31.9 Å². The van der Waals surface area contributed by atoms with E-state index >= 15 is 0 Å². The molecular formula is C81H134N6O59. The molecule has 65 nitrogen and oxygen atoms in total. The average Bonchev–Trinajstić information content (AvgIpc) is 1.02. The maximum atomic E-state index is 13.5. The minimum absolute atomic E-state index is 0.824. The summed E-state index contributed by atoms with van der Waals surface area (Å²) in [6.07, 6.45) is -112. The van der Waals surface area contributed by atoms with Gasteiger partial charge in [-0.1, -0.05) is 0 Å². The monoisotopic (exact) mass is 2130 g/mol. The van der Waals surface area contributed by atoms with Gasteiger partial charge in [0, 0.05) is 48.0 Å². The number of amides is 6. The van der Waals surface area contributed by atoms with Gasteiger partial charge in [-0.2, -0.15) is 0 Å². The summed E-state index contributed by atoms with van der Waals surface area (Å²) in [4.78, 5) is 91.1. The topological polar surface area (TPSA) is 1010 Å². The third-order valence-electron chi connectivity index (χ3n) is 26.4. The molecule has 11 aliphatic rings. The van der Waals surface area contributed by atoms with Gasteiger partial charge in [0.25, 0.3) is 5.79 Å². The Balaban J connectivity index is 0.988. The second kappa shape index (κ2) is 52.5. The van der Waals surface area contributed by atoms with E-state index in [0.29, 0.717) is 0 Å². The predicted molar refractivity (Wildman–Crippen MR) is 449 cm³/mol. The lowest BCUT2D eigenvalue weighted by atomic mass is 9.88. The highest BCUT2D eigenvalue weighted by Gasteiger charge is 2.65. The molecule has 6 amide bonds. The molecule has 0 unspecified atom stereocenters. The van der Waals surface area contributed by atoms with E-state index in [-0.39, 0.29) is 0 Å². The zero-order valence-corrected chi connectivity index (χ0v) is 78.5. The first-order chi connectivity index (χ1) is 68.9. The minimum Gasteiger partial charge on any atom is -0.477 e. The highest BCUT2D eigenvalue weighted by atomic mass is 16.8. The van der Waals surface area contributed by atoms with Gasteiger partial charge in [-0.25, -0.2) is 4.79 Å². The van der Waals surface area contributed by atoms with E-state index in [4.69, 9.17) is 99.5 Å². The predicted octanol–water partition coefficient (Wildman–Crippen LogP) is -24.9. The summed E-state index contributed by atoms with van der Waals surface area (Å²) < 4.78 is 128. The quantitative estimate of drug-likeness (QED) is 0.0271. The molecular weight excluding hydrogens is 2000 g/mol. The van der Waals surface area contributed by atoms with Crippen LogP contribution in [0.15, 0.2) is 0 Å². The van der Waals surface area contributed by atoms with Crippen molar-refractivity contribution in [3.63, 3.8) is 0 Å². The van der Waals surface area contributed by atoms with E-state index in [2.05, 4.69) is 31.9 Å². The van der Waals surface area contributed by atoms with E-state index in [9.17, 15) is 192 Å². The largest absolute Gasteiger partial charge is 0.477 e. The van der Waals surface area contributed by atoms with Crippen molar-refractivity contribution in [2.75, 3.05) is 72.7 Å². The summed E-state index contributed by atoms with van der Waals surface area (Å²) in [5, 5.41) is 365. The molecule has 65 heteroatoms. The van der Waals surface area contributed by atoms with Crippen LogP contribution in [0.1, 0.15) is 48.0 Å². The Hall–Kier alpha value is -5.75. The van der Waals surface area contributed by atoms with Gasteiger partial charge in [-0.3, -0.25) is 28.8 Å². The lowest BCUT2D eigenvalue weighted by Gasteiger charge is -2.52. The second-order valence-corrected chi connectivity index (χ2v) is 36.7. The summed E-state index contributed by atoms with van der Waals surface area (Å²) in [5.74, 6) is -11.2. The number of aliphatic hydroxyl groups is 30. The third kappa shape index (κ3) is 26.9. The smallest absolute Gasteiger partial charge is 0.364 e. The summed E-state index contributed by atoms with van der Waals surface area (Å²) in [7, 11) is 0. The summed E-state index contributed by atoms with van der Waals surface area (Å²) in [6.45, 7) is -8.36. The van der Waals surface area contributed by atoms with Crippen LogP contribution in [-0.2, 0) is 133 Å². The fourth-order valence-electron chi connectivity index (χ4n) is 18.8. The van der Waals surface area contributed by atoms with E-state index < -0.39 is 464 Å². The molecule has 0 aromatic carbocycles. The number of rotatable bonds is 40. The Kier molecular flexibility index (Phi) is 43.3. The third-order valence-corrected chi connectivity index (χ3v) is 26.4. The molecule has 56 atom stereocenters. The summed E-state index contributed by atoms with van der Waals surface area (Å²) in [5.41, 5.74) is 0. The van der Waals surface area contributed by atoms with Crippen LogP contribution in [0.25, 0.3) is 0 Å². The van der Waals surface area contributed by atoms with Crippen LogP contribution in [0.4, 0.5) is 0 Å². The first-order valence-corrected chi connectivity index (χ1v) is 46.3. The number of ether oxygens (including phenoxy) is 21. The van der Waals surface area contributed by atoms with E-state index in [1.165, 1.54) is 0 Å². The normalized spacial score (nSPS) is 47.0.